The van der Waals surface area contributed by atoms with Gasteiger partial charge in [0, 0.05) is 0 Å². The Morgan fingerprint density at radius 2 is 2.00 bits per heavy atom. The number of ether oxygens (including phenoxy) is 1. The number of aliphatic carboxylic acids is 1. The normalized spacial score (nSPS) is 38.1. The van der Waals surface area contributed by atoms with Gasteiger partial charge in [-0.25, -0.2) is 4.79 Å². The highest BCUT2D eigenvalue weighted by atomic mass is 35.5. The van der Waals surface area contributed by atoms with Gasteiger partial charge >= 0.3 is 5.97 Å². The molecule has 1 N–H and O–H groups in total. The number of halogens is 1. The van der Waals surface area contributed by atoms with Crippen molar-refractivity contribution in [2.24, 2.45) is 0 Å². The van der Waals surface area contributed by atoms with E-state index in [9.17, 15) is 4.79 Å². The van der Waals surface area contributed by atoms with Crippen molar-refractivity contribution in [2.45, 2.75) is 24.5 Å². The lowest BCUT2D eigenvalue weighted by Gasteiger charge is -1.96. The van der Waals surface area contributed by atoms with Crippen molar-refractivity contribution in [3.05, 3.63) is 0 Å². The largest absolute Gasteiger partial charge is 0.478 e. The van der Waals surface area contributed by atoms with E-state index in [2.05, 4.69) is 0 Å². The number of hydrogen-bond donors (Lipinski definition) is 1. The maximum atomic E-state index is 10.2. The number of hydrogen-bond acceptors (Lipinski definition) is 2. The van der Waals surface area contributed by atoms with Crippen LogP contribution < -0.4 is 0 Å². The number of carboxylic acid groups (broad SMARTS) is 1. The number of carbonyl (C=O) groups is 1. The lowest BCUT2D eigenvalue weighted by molar-refractivity contribution is -0.140. The Labute approximate surface area is 57.6 Å². The highest BCUT2D eigenvalue weighted by molar-refractivity contribution is 6.35. The van der Waals surface area contributed by atoms with Gasteiger partial charge in [-0.05, 0) is 13.8 Å². The number of rotatable bonds is 1. The van der Waals surface area contributed by atoms with Gasteiger partial charge in [0.25, 0.3) is 5.06 Å². The van der Waals surface area contributed by atoms with E-state index in [1.807, 2.05) is 0 Å². The fourth-order valence-electron chi connectivity index (χ4n) is 0.627. The molecule has 0 aromatic heterocycles. The van der Waals surface area contributed by atoms with Crippen LogP contribution in [0, 0.1) is 0 Å². The summed E-state index contributed by atoms with van der Waals surface area (Å²) in [6, 6.07) is 0. The Bertz CT molecular complexity index is 166. The molecule has 1 rings (SSSR count). The van der Waals surface area contributed by atoms with Crippen LogP contribution in [-0.2, 0) is 9.53 Å². The minimum atomic E-state index is -1.47. The predicted molar refractivity (Wildman–Crippen MR) is 31.4 cm³/mol. The van der Waals surface area contributed by atoms with Gasteiger partial charge in [-0.2, -0.15) is 0 Å². The van der Waals surface area contributed by atoms with Crippen molar-refractivity contribution < 1.29 is 14.6 Å². The molecule has 1 saturated heterocycles. The summed E-state index contributed by atoms with van der Waals surface area (Å²) in [7, 11) is 0. The first-order valence-electron chi connectivity index (χ1n) is 2.52. The summed E-state index contributed by atoms with van der Waals surface area (Å²) in [5.41, 5.74) is -0.708. The van der Waals surface area contributed by atoms with Crippen LogP contribution in [-0.4, -0.2) is 21.7 Å². The Kier molecular flexibility index (Phi) is 1.07. The first-order valence-corrected chi connectivity index (χ1v) is 2.90. The molecule has 1 unspecified atom stereocenters. The molecule has 0 radical (unpaired) electrons. The van der Waals surface area contributed by atoms with Crippen LogP contribution in [0.25, 0.3) is 0 Å². The van der Waals surface area contributed by atoms with Crippen molar-refractivity contribution in [1.29, 1.82) is 0 Å². The first kappa shape index (κ1) is 6.83. The van der Waals surface area contributed by atoms with Crippen molar-refractivity contribution in [3.8, 4) is 0 Å². The third-order valence-corrected chi connectivity index (χ3v) is 2.10. The van der Waals surface area contributed by atoms with Crippen LogP contribution in [0.4, 0.5) is 0 Å². The molecule has 0 saturated carbocycles. The molecule has 9 heavy (non-hydrogen) atoms. The quantitative estimate of drug-likeness (QED) is 0.445. The minimum absolute atomic E-state index is 0.708. The summed E-state index contributed by atoms with van der Waals surface area (Å²) in [4.78, 5) is 10.2. The van der Waals surface area contributed by atoms with Gasteiger partial charge in [0.05, 0.1) is 0 Å². The zero-order valence-corrected chi connectivity index (χ0v) is 5.90. The van der Waals surface area contributed by atoms with E-state index in [-0.39, 0.29) is 0 Å². The molecule has 0 aliphatic carbocycles. The topological polar surface area (TPSA) is 49.8 Å². The van der Waals surface area contributed by atoms with Crippen molar-refractivity contribution in [1.82, 2.24) is 0 Å². The Hall–Kier alpha value is -0.280. The zero-order valence-electron chi connectivity index (χ0n) is 5.14. The molecule has 4 heteroatoms. The molecule has 0 bridgehead atoms. The molecule has 0 aromatic carbocycles. The highest BCUT2D eigenvalue weighted by Crippen LogP contribution is 2.50. The van der Waals surface area contributed by atoms with Gasteiger partial charge in [0.2, 0.25) is 0 Å². The molecular weight excluding hydrogens is 144 g/mol. The molecule has 0 amide bonds. The van der Waals surface area contributed by atoms with Crippen molar-refractivity contribution >= 4 is 17.6 Å². The van der Waals surface area contributed by atoms with Gasteiger partial charge < -0.3 is 9.84 Å². The molecule has 0 aromatic rings. The highest BCUT2D eigenvalue weighted by Gasteiger charge is 2.69. The van der Waals surface area contributed by atoms with Gasteiger partial charge in [-0.1, -0.05) is 11.6 Å². The number of alkyl halides is 1. The van der Waals surface area contributed by atoms with E-state index in [1.165, 1.54) is 0 Å². The lowest BCUT2D eigenvalue weighted by atomic mass is 10.1. The summed E-state index contributed by atoms with van der Waals surface area (Å²) in [6.45, 7) is 3.27. The Balaban J connectivity index is 2.74. The van der Waals surface area contributed by atoms with Crippen LogP contribution in [0.1, 0.15) is 13.8 Å². The molecule has 1 heterocycles. The first-order chi connectivity index (χ1) is 3.90. The second-order valence-corrected chi connectivity index (χ2v) is 3.05. The maximum Gasteiger partial charge on any atom is 0.355 e. The molecule has 3 nitrogen and oxygen atoms in total. The van der Waals surface area contributed by atoms with Crippen LogP contribution in [0.3, 0.4) is 0 Å². The van der Waals surface area contributed by atoms with E-state index in [0.717, 1.165) is 0 Å². The summed E-state index contributed by atoms with van der Waals surface area (Å²) in [5, 5.41) is 6.93. The number of carboxylic acids is 1. The minimum Gasteiger partial charge on any atom is -0.478 e. The van der Waals surface area contributed by atoms with Crippen LogP contribution in [0.15, 0.2) is 0 Å². The maximum absolute atomic E-state index is 10.2. The third kappa shape index (κ3) is 0.721. The SMILES string of the molecule is CC1(C)OC1(Cl)C(=O)O. The second kappa shape index (κ2) is 1.41. The summed E-state index contributed by atoms with van der Waals surface area (Å²) < 4.78 is 4.72. The molecule has 1 aliphatic heterocycles. The molecule has 52 valence electrons. The summed E-state index contributed by atoms with van der Waals surface area (Å²) in [5.74, 6) is -1.12. The van der Waals surface area contributed by atoms with Crippen molar-refractivity contribution in [3.63, 3.8) is 0 Å². The molecular formula is C5H7ClO3. The standard InChI is InChI=1S/C5H7ClO3/c1-4(2)5(6,9-4)3(7)8/h1-2H3,(H,7,8). The van der Waals surface area contributed by atoms with Crippen molar-refractivity contribution in [2.75, 3.05) is 0 Å². The molecule has 1 atom stereocenters. The Morgan fingerprint density at radius 1 is 1.67 bits per heavy atom. The molecule has 1 aliphatic rings. The van der Waals surface area contributed by atoms with E-state index >= 15 is 0 Å². The second-order valence-electron chi connectivity index (χ2n) is 2.51. The average Bonchev–Trinajstić information content (AvgIpc) is 2.08. The summed E-state index contributed by atoms with van der Waals surface area (Å²) in [6.07, 6.45) is 0. The van der Waals surface area contributed by atoms with Crippen LogP contribution in [0.5, 0.6) is 0 Å². The predicted octanol–water partition coefficient (Wildman–Crippen LogP) is 0.815. The van der Waals surface area contributed by atoms with Crippen LogP contribution in [0.2, 0.25) is 0 Å². The zero-order chi connectivity index (χ0) is 7.28. The van der Waals surface area contributed by atoms with E-state index in [1.54, 1.807) is 13.8 Å². The van der Waals surface area contributed by atoms with E-state index in [4.69, 9.17) is 21.4 Å². The fraction of sp³-hybridized carbons (Fsp3) is 0.800. The molecule has 0 spiro atoms. The average molecular weight is 151 g/mol. The monoisotopic (exact) mass is 150 g/mol. The van der Waals surface area contributed by atoms with E-state index in [0.29, 0.717) is 0 Å². The van der Waals surface area contributed by atoms with E-state index < -0.39 is 16.6 Å². The summed E-state index contributed by atoms with van der Waals surface area (Å²) >= 11 is 5.45. The lowest BCUT2D eigenvalue weighted by Crippen LogP contribution is -2.24. The Morgan fingerprint density at radius 3 is 2.00 bits per heavy atom. The van der Waals surface area contributed by atoms with Gasteiger partial charge in [0.1, 0.15) is 5.60 Å². The van der Waals surface area contributed by atoms with Gasteiger partial charge in [0.15, 0.2) is 0 Å². The number of epoxide rings is 1. The molecule has 1 fully saturated rings. The third-order valence-electron chi connectivity index (χ3n) is 1.40. The smallest absolute Gasteiger partial charge is 0.355 e. The van der Waals surface area contributed by atoms with Gasteiger partial charge in [-0.3, -0.25) is 0 Å². The fourth-order valence-corrected chi connectivity index (χ4v) is 0.820. The van der Waals surface area contributed by atoms with Gasteiger partial charge in [-0.15, -0.1) is 0 Å². The van der Waals surface area contributed by atoms with Crippen LogP contribution >= 0.6 is 11.6 Å².